The molecule has 0 unspecified atom stereocenters. The van der Waals surface area contributed by atoms with Crippen LogP contribution in [0, 0.1) is 0 Å². The van der Waals surface area contributed by atoms with Crippen LogP contribution in [0.15, 0.2) is 12.1 Å². The number of carbonyl (C=O) groups excluding carboxylic acids is 1. The topological polar surface area (TPSA) is 47.6 Å². The Hall–Kier alpha value is -1.42. The lowest BCUT2D eigenvalue weighted by Crippen LogP contribution is -2.22. The van der Waals surface area contributed by atoms with Gasteiger partial charge in [0.15, 0.2) is 11.5 Å². The quantitative estimate of drug-likeness (QED) is 0.896. The molecule has 17 heavy (non-hydrogen) atoms. The second-order valence-corrected chi connectivity index (χ2v) is 4.24. The summed E-state index contributed by atoms with van der Waals surface area (Å²) in [5, 5.41) is 3.30. The Labute approximate surface area is 105 Å². The third kappa shape index (κ3) is 3.03. The van der Waals surface area contributed by atoms with E-state index in [9.17, 15) is 4.79 Å². The van der Waals surface area contributed by atoms with Gasteiger partial charge in [-0.15, -0.1) is 0 Å². The summed E-state index contributed by atoms with van der Waals surface area (Å²) in [6.45, 7) is 3.15. The predicted molar refractivity (Wildman–Crippen MR) is 64.8 cm³/mol. The number of rotatable bonds is 3. The molecule has 0 radical (unpaired) electrons. The van der Waals surface area contributed by atoms with Crippen LogP contribution in [0.25, 0.3) is 0 Å². The molecule has 1 amide bonds. The first-order valence-corrected chi connectivity index (χ1v) is 5.87. The summed E-state index contributed by atoms with van der Waals surface area (Å²) < 4.78 is 10.9. The van der Waals surface area contributed by atoms with E-state index in [1.54, 1.807) is 0 Å². The summed E-state index contributed by atoms with van der Waals surface area (Å²) in [4.78, 5) is 10.8. The van der Waals surface area contributed by atoms with Crippen molar-refractivity contribution in [3.63, 3.8) is 0 Å². The maximum absolute atomic E-state index is 10.8. The van der Waals surface area contributed by atoms with Crippen molar-refractivity contribution < 1.29 is 14.3 Å². The number of hydrogen-bond acceptors (Lipinski definition) is 3. The van der Waals surface area contributed by atoms with Crippen molar-refractivity contribution in [2.24, 2.45) is 0 Å². The Balaban J connectivity index is 2.08. The smallest absolute Gasteiger partial charge is 0.216 e. The summed E-state index contributed by atoms with van der Waals surface area (Å²) in [5.41, 5.74) is 1.02. The van der Waals surface area contributed by atoms with Crippen molar-refractivity contribution in [3.8, 4) is 11.5 Å². The SMILES string of the molecule is CC(=O)NCCc1cc(Cl)c2c(c1)OCCO2. The molecule has 0 saturated carbocycles. The molecule has 92 valence electrons. The zero-order valence-electron chi connectivity index (χ0n) is 9.59. The van der Waals surface area contributed by atoms with Gasteiger partial charge in [-0.1, -0.05) is 11.6 Å². The summed E-state index contributed by atoms with van der Waals surface area (Å²) in [7, 11) is 0. The second-order valence-electron chi connectivity index (χ2n) is 3.83. The molecular formula is C12H14ClNO3. The molecule has 5 heteroatoms. The molecule has 1 aliphatic rings. The van der Waals surface area contributed by atoms with Gasteiger partial charge < -0.3 is 14.8 Å². The molecule has 0 aliphatic carbocycles. The van der Waals surface area contributed by atoms with Crippen LogP contribution in [-0.4, -0.2) is 25.7 Å². The molecule has 1 N–H and O–H groups in total. The first-order valence-electron chi connectivity index (χ1n) is 5.49. The van der Waals surface area contributed by atoms with Gasteiger partial charge in [0.1, 0.15) is 13.2 Å². The maximum atomic E-state index is 10.8. The van der Waals surface area contributed by atoms with Crippen molar-refractivity contribution in [1.82, 2.24) is 5.32 Å². The number of amides is 1. The number of nitrogens with one attached hydrogen (secondary N) is 1. The van der Waals surface area contributed by atoms with E-state index in [0.717, 1.165) is 12.0 Å². The van der Waals surface area contributed by atoms with Crippen LogP contribution in [0.4, 0.5) is 0 Å². The predicted octanol–water partition coefficient (Wildman–Crippen LogP) is 1.79. The lowest BCUT2D eigenvalue weighted by atomic mass is 10.1. The highest BCUT2D eigenvalue weighted by atomic mass is 35.5. The van der Waals surface area contributed by atoms with Crippen LogP contribution in [0.3, 0.4) is 0 Å². The van der Waals surface area contributed by atoms with Crippen molar-refractivity contribution in [1.29, 1.82) is 0 Å². The minimum atomic E-state index is -0.0337. The highest BCUT2D eigenvalue weighted by Crippen LogP contribution is 2.38. The fraction of sp³-hybridized carbons (Fsp3) is 0.417. The average molecular weight is 256 g/mol. The fourth-order valence-electron chi connectivity index (χ4n) is 1.69. The summed E-state index contributed by atoms with van der Waals surface area (Å²) >= 11 is 6.10. The molecule has 1 aromatic rings. The van der Waals surface area contributed by atoms with Gasteiger partial charge >= 0.3 is 0 Å². The van der Waals surface area contributed by atoms with Crippen LogP contribution in [0.2, 0.25) is 5.02 Å². The van der Waals surface area contributed by atoms with E-state index in [2.05, 4.69) is 5.32 Å². The van der Waals surface area contributed by atoms with Crippen LogP contribution < -0.4 is 14.8 Å². The highest BCUT2D eigenvalue weighted by Gasteiger charge is 2.16. The number of benzene rings is 1. The molecule has 0 aromatic heterocycles. The molecule has 0 atom stereocenters. The lowest BCUT2D eigenvalue weighted by Gasteiger charge is -2.20. The number of carbonyl (C=O) groups is 1. The zero-order chi connectivity index (χ0) is 12.3. The van der Waals surface area contributed by atoms with Crippen molar-refractivity contribution in [2.45, 2.75) is 13.3 Å². The molecule has 1 heterocycles. The number of halogens is 1. The number of hydrogen-bond donors (Lipinski definition) is 1. The van der Waals surface area contributed by atoms with E-state index < -0.39 is 0 Å². The third-order valence-electron chi connectivity index (χ3n) is 2.44. The van der Waals surface area contributed by atoms with Crippen molar-refractivity contribution >= 4 is 17.5 Å². The molecule has 1 aromatic carbocycles. The molecule has 0 spiro atoms. The first-order chi connectivity index (χ1) is 8.16. The molecule has 0 bridgehead atoms. The maximum Gasteiger partial charge on any atom is 0.216 e. The van der Waals surface area contributed by atoms with E-state index in [0.29, 0.717) is 36.3 Å². The van der Waals surface area contributed by atoms with Crippen LogP contribution in [-0.2, 0) is 11.2 Å². The van der Waals surface area contributed by atoms with Crippen LogP contribution in [0.5, 0.6) is 11.5 Å². The second kappa shape index (κ2) is 5.27. The standard InChI is InChI=1S/C12H14ClNO3/c1-8(15)14-3-2-9-6-10(13)12-11(7-9)16-4-5-17-12/h6-7H,2-5H2,1H3,(H,14,15). The molecule has 2 rings (SSSR count). The number of fused-ring (bicyclic) bond motifs is 1. The van der Waals surface area contributed by atoms with E-state index in [1.165, 1.54) is 6.92 Å². The Morgan fingerprint density at radius 2 is 2.18 bits per heavy atom. The van der Waals surface area contributed by atoms with Crippen molar-refractivity contribution in [3.05, 3.63) is 22.7 Å². The molecule has 0 saturated heterocycles. The Kier molecular flexibility index (Phi) is 3.74. The van der Waals surface area contributed by atoms with Gasteiger partial charge in [-0.25, -0.2) is 0 Å². The minimum absolute atomic E-state index is 0.0337. The average Bonchev–Trinajstić information content (AvgIpc) is 2.28. The summed E-state index contributed by atoms with van der Waals surface area (Å²) in [6.07, 6.45) is 0.718. The van der Waals surface area contributed by atoms with E-state index in [-0.39, 0.29) is 5.91 Å². The minimum Gasteiger partial charge on any atom is -0.486 e. The van der Waals surface area contributed by atoms with Gasteiger partial charge in [0.25, 0.3) is 0 Å². The summed E-state index contributed by atoms with van der Waals surface area (Å²) in [5.74, 6) is 1.26. The Morgan fingerprint density at radius 3 is 2.94 bits per heavy atom. The van der Waals surface area contributed by atoms with Crippen LogP contribution in [0.1, 0.15) is 12.5 Å². The Morgan fingerprint density at radius 1 is 1.41 bits per heavy atom. The monoisotopic (exact) mass is 255 g/mol. The molecule has 4 nitrogen and oxygen atoms in total. The van der Waals surface area contributed by atoms with Gasteiger partial charge in [0, 0.05) is 13.5 Å². The fourth-order valence-corrected chi connectivity index (χ4v) is 1.98. The molecule has 0 fully saturated rings. The first kappa shape index (κ1) is 12.0. The lowest BCUT2D eigenvalue weighted by molar-refractivity contribution is -0.118. The van der Waals surface area contributed by atoms with E-state index in [1.807, 2.05) is 12.1 Å². The van der Waals surface area contributed by atoms with Gasteiger partial charge in [-0.05, 0) is 24.1 Å². The van der Waals surface area contributed by atoms with E-state index in [4.69, 9.17) is 21.1 Å². The summed E-state index contributed by atoms with van der Waals surface area (Å²) in [6, 6.07) is 3.75. The largest absolute Gasteiger partial charge is 0.486 e. The molecular weight excluding hydrogens is 242 g/mol. The van der Waals surface area contributed by atoms with Crippen molar-refractivity contribution in [2.75, 3.05) is 19.8 Å². The number of ether oxygens (including phenoxy) is 2. The highest BCUT2D eigenvalue weighted by molar-refractivity contribution is 6.32. The third-order valence-corrected chi connectivity index (χ3v) is 2.72. The van der Waals surface area contributed by atoms with Gasteiger partial charge in [-0.2, -0.15) is 0 Å². The van der Waals surface area contributed by atoms with Crippen LogP contribution >= 0.6 is 11.6 Å². The van der Waals surface area contributed by atoms with Gasteiger partial charge in [0.05, 0.1) is 5.02 Å². The zero-order valence-corrected chi connectivity index (χ0v) is 10.3. The Bertz CT molecular complexity index is 434. The normalized spacial score (nSPS) is 13.3. The molecule has 1 aliphatic heterocycles. The van der Waals surface area contributed by atoms with Gasteiger partial charge in [-0.3, -0.25) is 4.79 Å². The van der Waals surface area contributed by atoms with E-state index >= 15 is 0 Å². The van der Waals surface area contributed by atoms with Gasteiger partial charge in [0.2, 0.25) is 5.91 Å².